The van der Waals surface area contributed by atoms with Gasteiger partial charge >= 0.3 is 0 Å². The second kappa shape index (κ2) is 3.96. The summed E-state index contributed by atoms with van der Waals surface area (Å²) >= 11 is 1.25. The van der Waals surface area contributed by atoms with Crippen LogP contribution in [0.4, 0.5) is 0 Å². The summed E-state index contributed by atoms with van der Waals surface area (Å²) in [6.07, 6.45) is 1.47. The van der Waals surface area contributed by atoms with Gasteiger partial charge in [0.15, 0.2) is 0 Å². The Balaban J connectivity index is 2.45. The van der Waals surface area contributed by atoms with Gasteiger partial charge in [-0.15, -0.1) is 11.3 Å². The zero-order chi connectivity index (χ0) is 8.97. The predicted octanol–water partition coefficient (Wildman–Crippen LogP) is 0.462. The predicted molar refractivity (Wildman–Crippen MR) is 45.1 cm³/mol. The van der Waals surface area contributed by atoms with E-state index in [2.05, 4.69) is 10.3 Å². The Kier molecular flexibility index (Phi) is 2.93. The van der Waals surface area contributed by atoms with E-state index in [-0.39, 0.29) is 18.2 Å². The van der Waals surface area contributed by atoms with E-state index >= 15 is 0 Å². The Bertz CT molecular complexity index is 282. The lowest BCUT2D eigenvalue weighted by molar-refractivity contribution is -0.116. The molecule has 1 rings (SSSR count). The van der Waals surface area contributed by atoms with Gasteiger partial charge in [-0.2, -0.15) is 0 Å². The normalized spacial score (nSPS) is 9.42. The molecule has 0 bridgehead atoms. The molecular weight excluding hydrogens is 176 g/mol. The minimum Gasteiger partial charge on any atom is -0.344 e. The van der Waals surface area contributed by atoms with Crippen molar-refractivity contribution in [2.75, 3.05) is 6.54 Å². The molecule has 0 aliphatic rings. The van der Waals surface area contributed by atoms with Gasteiger partial charge in [-0.1, -0.05) is 0 Å². The van der Waals surface area contributed by atoms with Gasteiger partial charge in [-0.25, -0.2) is 0 Å². The fourth-order valence-corrected chi connectivity index (χ4v) is 1.16. The minimum absolute atomic E-state index is 0.0622. The van der Waals surface area contributed by atoms with Crippen LogP contribution in [0.1, 0.15) is 16.6 Å². The van der Waals surface area contributed by atoms with Crippen LogP contribution in [0.25, 0.3) is 0 Å². The van der Waals surface area contributed by atoms with Crippen LogP contribution in [0.15, 0.2) is 11.7 Å². The van der Waals surface area contributed by atoms with Gasteiger partial charge in [0.25, 0.3) is 5.91 Å². The van der Waals surface area contributed by atoms with E-state index < -0.39 is 0 Å². The van der Waals surface area contributed by atoms with E-state index in [0.717, 1.165) is 0 Å². The first-order chi connectivity index (χ1) is 5.70. The van der Waals surface area contributed by atoms with Gasteiger partial charge in [-0.05, 0) is 6.92 Å². The first kappa shape index (κ1) is 8.86. The number of hydrogen-bond donors (Lipinski definition) is 1. The average molecular weight is 184 g/mol. The monoisotopic (exact) mass is 184 g/mol. The number of ketones is 1. The molecule has 0 aliphatic heterocycles. The van der Waals surface area contributed by atoms with Crippen LogP contribution in [-0.2, 0) is 4.79 Å². The number of hydrogen-bond acceptors (Lipinski definition) is 4. The van der Waals surface area contributed by atoms with Crippen molar-refractivity contribution >= 4 is 23.0 Å². The minimum atomic E-state index is -0.243. The van der Waals surface area contributed by atoms with Crippen molar-refractivity contribution in [2.24, 2.45) is 0 Å². The largest absolute Gasteiger partial charge is 0.344 e. The van der Waals surface area contributed by atoms with Gasteiger partial charge in [0.1, 0.15) is 10.7 Å². The van der Waals surface area contributed by atoms with Crippen LogP contribution < -0.4 is 5.32 Å². The zero-order valence-electron chi connectivity index (χ0n) is 6.53. The third-order valence-corrected chi connectivity index (χ3v) is 1.93. The number of carbonyl (C=O) groups is 2. The van der Waals surface area contributed by atoms with Crippen LogP contribution in [0.3, 0.4) is 0 Å². The number of nitrogens with one attached hydrogen (secondary N) is 1. The number of rotatable bonds is 3. The lowest BCUT2D eigenvalue weighted by Crippen LogP contribution is -2.27. The number of carbonyl (C=O) groups excluding carboxylic acids is 2. The fourth-order valence-electron chi connectivity index (χ4n) is 0.620. The Labute approximate surface area is 73.6 Å². The maximum atomic E-state index is 11.1. The molecule has 1 amide bonds. The van der Waals surface area contributed by atoms with E-state index in [1.807, 2.05) is 0 Å². The van der Waals surface area contributed by atoms with E-state index in [0.29, 0.717) is 4.88 Å². The van der Waals surface area contributed by atoms with Crippen molar-refractivity contribution in [3.8, 4) is 0 Å². The van der Waals surface area contributed by atoms with Gasteiger partial charge < -0.3 is 5.32 Å². The summed E-state index contributed by atoms with van der Waals surface area (Å²) in [6, 6.07) is 0. The Hall–Kier alpha value is -1.23. The fraction of sp³-hybridized carbons (Fsp3) is 0.286. The van der Waals surface area contributed by atoms with Crippen molar-refractivity contribution in [1.29, 1.82) is 0 Å². The van der Waals surface area contributed by atoms with Crippen LogP contribution in [0.2, 0.25) is 0 Å². The molecule has 0 saturated carbocycles. The van der Waals surface area contributed by atoms with Crippen LogP contribution >= 0.6 is 11.3 Å². The smallest absolute Gasteiger partial charge is 0.263 e. The van der Waals surface area contributed by atoms with Gasteiger partial charge in [0, 0.05) is 0 Å². The molecule has 0 aliphatic carbocycles. The second-order valence-electron chi connectivity index (χ2n) is 2.25. The molecular formula is C7H8N2O2S. The number of thiazole rings is 1. The SMILES string of the molecule is CC(=O)CNC(=O)c1cncs1. The Morgan fingerprint density at radius 1 is 1.67 bits per heavy atom. The maximum absolute atomic E-state index is 11.1. The number of nitrogens with zero attached hydrogens (tertiary/aromatic N) is 1. The molecule has 0 unspecified atom stereocenters. The first-order valence-electron chi connectivity index (χ1n) is 3.36. The molecule has 1 aromatic heterocycles. The second-order valence-corrected chi connectivity index (χ2v) is 3.14. The molecule has 0 aromatic carbocycles. The number of aromatic nitrogens is 1. The maximum Gasteiger partial charge on any atom is 0.263 e. The van der Waals surface area contributed by atoms with Crippen molar-refractivity contribution < 1.29 is 9.59 Å². The lowest BCUT2D eigenvalue weighted by atomic mass is 10.4. The number of amides is 1. The molecule has 64 valence electrons. The van der Waals surface area contributed by atoms with Crippen LogP contribution in [-0.4, -0.2) is 23.2 Å². The van der Waals surface area contributed by atoms with Gasteiger partial charge in [0.2, 0.25) is 0 Å². The molecule has 0 spiro atoms. The lowest BCUT2D eigenvalue weighted by Gasteiger charge is -1.97. The van der Waals surface area contributed by atoms with E-state index in [9.17, 15) is 9.59 Å². The molecule has 1 aromatic rings. The van der Waals surface area contributed by atoms with Crippen molar-refractivity contribution in [2.45, 2.75) is 6.92 Å². The van der Waals surface area contributed by atoms with Crippen molar-refractivity contribution in [1.82, 2.24) is 10.3 Å². The highest BCUT2D eigenvalue weighted by atomic mass is 32.1. The number of Topliss-reactive ketones (excluding diaryl/α,β-unsaturated/α-hetero) is 1. The molecule has 12 heavy (non-hydrogen) atoms. The standard InChI is InChI=1S/C7H8N2O2S/c1-5(10)2-9-7(11)6-3-8-4-12-6/h3-4H,2H2,1H3,(H,9,11). The molecule has 4 nitrogen and oxygen atoms in total. The quantitative estimate of drug-likeness (QED) is 0.742. The summed E-state index contributed by atoms with van der Waals surface area (Å²) in [6.45, 7) is 1.50. The summed E-state index contributed by atoms with van der Waals surface area (Å²) in [7, 11) is 0. The molecule has 1 heterocycles. The van der Waals surface area contributed by atoms with Crippen LogP contribution in [0, 0.1) is 0 Å². The Morgan fingerprint density at radius 2 is 2.42 bits per heavy atom. The summed E-state index contributed by atoms with van der Waals surface area (Å²) in [5.74, 6) is -0.305. The van der Waals surface area contributed by atoms with Gasteiger partial charge in [0.05, 0.1) is 18.3 Å². The first-order valence-corrected chi connectivity index (χ1v) is 4.24. The topological polar surface area (TPSA) is 59.1 Å². The summed E-state index contributed by atoms with van der Waals surface area (Å²) in [4.78, 5) is 25.9. The third-order valence-electron chi connectivity index (χ3n) is 1.15. The Morgan fingerprint density at radius 3 is 2.92 bits per heavy atom. The highest BCUT2D eigenvalue weighted by Crippen LogP contribution is 2.03. The van der Waals surface area contributed by atoms with E-state index in [4.69, 9.17) is 0 Å². The zero-order valence-corrected chi connectivity index (χ0v) is 7.35. The summed E-state index contributed by atoms with van der Waals surface area (Å²) in [5, 5.41) is 2.47. The highest BCUT2D eigenvalue weighted by molar-refractivity contribution is 7.11. The van der Waals surface area contributed by atoms with E-state index in [1.165, 1.54) is 24.5 Å². The van der Waals surface area contributed by atoms with Gasteiger partial charge in [-0.3, -0.25) is 14.6 Å². The van der Waals surface area contributed by atoms with Crippen LogP contribution in [0.5, 0.6) is 0 Å². The molecule has 5 heteroatoms. The average Bonchev–Trinajstić information content (AvgIpc) is 2.51. The molecule has 0 fully saturated rings. The highest BCUT2D eigenvalue weighted by Gasteiger charge is 2.06. The van der Waals surface area contributed by atoms with E-state index in [1.54, 1.807) is 5.51 Å². The molecule has 0 saturated heterocycles. The molecule has 1 N–H and O–H groups in total. The third kappa shape index (κ3) is 2.43. The summed E-state index contributed by atoms with van der Waals surface area (Å²) in [5.41, 5.74) is 1.57. The molecule has 0 atom stereocenters. The summed E-state index contributed by atoms with van der Waals surface area (Å²) < 4.78 is 0. The van der Waals surface area contributed by atoms with Crippen molar-refractivity contribution in [3.63, 3.8) is 0 Å². The molecule has 0 radical (unpaired) electrons. The van der Waals surface area contributed by atoms with Crippen molar-refractivity contribution in [3.05, 3.63) is 16.6 Å².